The van der Waals surface area contributed by atoms with Crippen molar-refractivity contribution in [3.63, 3.8) is 0 Å². The molecule has 1 unspecified atom stereocenters. The number of nitrogens with zero attached hydrogens (tertiary/aromatic N) is 1. The molecule has 1 aliphatic rings. The van der Waals surface area contributed by atoms with Crippen LogP contribution in [0.2, 0.25) is 0 Å². The number of ether oxygens (including phenoxy) is 4. The summed E-state index contributed by atoms with van der Waals surface area (Å²) in [7, 11) is 1.43. The molecular formula is C22H33NO8S. The number of methoxy groups -OCH3 is 3. The van der Waals surface area contributed by atoms with Crippen LogP contribution < -0.4 is 14.2 Å². The van der Waals surface area contributed by atoms with E-state index in [-0.39, 0.29) is 29.9 Å². The molecule has 0 spiro atoms. The molecule has 0 N–H and O–H groups in total. The Morgan fingerprint density at radius 3 is 2.25 bits per heavy atom. The van der Waals surface area contributed by atoms with E-state index < -0.39 is 22.4 Å². The van der Waals surface area contributed by atoms with Gasteiger partial charge < -0.3 is 23.8 Å². The molecule has 1 saturated heterocycles. The van der Waals surface area contributed by atoms with Crippen molar-refractivity contribution in [2.45, 2.75) is 45.1 Å². The average Bonchev–Trinajstić information content (AvgIpc) is 3.14. The monoisotopic (exact) mass is 471 g/mol. The fourth-order valence-corrected chi connectivity index (χ4v) is 5.41. The molecule has 1 aromatic rings. The summed E-state index contributed by atoms with van der Waals surface area (Å²) < 4.78 is 44.7. The van der Waals surface area contributed by atoms with Gasteiger partial charge in [0, 0.05) is 19.0 Å². The number of unbranched alkanes of at least 4 members (excludes halogenated alkanes) is 1. The van der Waals surface area contributed by atoms with Gasteiger partial charge in [0.05, 0.1) is 32.8 Å². The molecule has 0 aliphatic carbocycles. The van der Waals surface area contributed by atoms with Crippen molar-refractivity contribution < 1.29 is 37.0 Å². The summed E-state index contributed by atoms with van der Waals surface area (Å²) in [5.74, 6) is 0.628. The predicted molar refractivity (Wildman–Crippen MR) is 119 cm³/mol. The largest absolute Gasteiger partial charge is 0.493 e. The van der Waals surface area contributed by atoms with Gasteiger partial charge in [-0.15, -0.1) is 0 Å². The zero-order valence-electron chi connectivity index (χ0n) is 19.2. The zero-order chi connectivity index (χ0) is 23.7. The quantitative estimate of drug-likeness (QED) is 0.426. The lowest BCUT2D eigenvalue weighted by molar-refractivity contribution is -0.152. The number of carbonyl (C=O) groups excluding carboxylic acids is 2. The van der Waals surface area contributed by atoms with E-state index in [4.69, 9.17) is 18.9 Å². The van der Waals surface area contributed by atoms with E-state index in [1.165, 1.54) is 21.3 Å². The molecule has 10 heteroatoms. The third-order valence-corrected chi connectivity index (χ3v) is 7.17. The number of amides is 1. The summed E-state index contributed by atoms with van der Waals surface area (Å²) in [6, 6.07) is 3.16. The third kappa shape index (κ3) is 7.01. The van der Waals surface area contributed by atoms with Gasteiger partial charge >= 0.3 is 5.97 Å². The first-order valence-electron chi connectivity index (χ1n) is 10.7. The van der Waals surface area contributed by atoms with Crippen molar-refractivity contribution in [3.8, 4) is 17.2 Å². The van der Waals surface area contributed by atoms with Gasteiger partial charge in [-0.05, 0) is 37.0 Å². The fraction of sp³-hybridized carbons (Fsp3) is 0.636. The standard InChI is InChI=1S/C22H33NO8S/c1-5-6-10-23(17-9-11-32(26,27)15-17)20(24)14-31-21(25)8-7-16-12-18(28-2)22(30-4)19(13-16)29-3/h12-13,17H,5-11,14-15H2,1-4H3. The van der Waals surface area contributed by atoms with E-state index in [2.05, 4.69) is 0 Å². The molecule has 180 valence electrons. The lowest BCUT2D eigenvalue weighted by atomic mass is 10.1. The lowest BCUT2D eigenvalue weighted by Crippen LogP contribution is -2.43. The van der Waals surface area contributed by atoms with Crippen LogP contribution in [-0.2, 0) is 30.6 Å². The molecule has 9 nitrogen and oxygen atoms in total. The van der Waals surface area contributed by atoms with Crippen LogP contribution >= 0.6 is 0 Å². The molecule has 0 bridgehead atoms. The predicted octanol–water partition coefficient (Wildman–Crippen LogP) is 2.00. The summed E-state index contributed by atoms with van der Waals surface area (Å²) in [4.78, 5) is 26.5. The minimum absolute atomic E-state index is 0.0302. The van der Waals surface area contributed by atoms with E-state index in [0.29, 0.717) is 36.6 Å². The molecule has 1 aliphatic heterocycles. The summed E-state index contributed by atoms with van der Waals surface area (Å²) in [5, 5.41) is 0. The molecule has 0 radical (unpaired) electrons. The van der Waals surface area contributed by atoms with Crippen molar-refractivity contribution in [1.82, 2.24) is 4.90 Å². The van der Waals surface area contributed by atoms with Gasteiger partial charge in [0.25, 0.3) is 5.91 Å². The molecule has 1 atom stereocenters. The number of hydrogen-bond donors (Lipinski definition) is 0. The Balaban J connectivity index is 1.93. The first kappa shape index (κ1) is 25.8. The number of benzene rings is 1. The summed E-state index contributed by atoms with van der Waals surface area (Å²) in [6.07, 6.45) is 2.49. The molecule has 1 fully saturated rings. The average molecular weight is 472 g/mol. The van der Waals surface area contributed by atoms with Crippen LogP contribution in [0.5, 0.6) is 17.2 Å². The number of aryl methyl sites for hydroxylation is 1. The molecule has 2 rings (SSSR count). The van der Waals surface area contributed by atoms with Gasteiger partial charge in [-0.25, -0.2) is 8.42 Å². The fourth-order valence-electron chi connectivity index (χ4n) is 3.68. The molecule has 32 heavy (non-hydrogen) atoms. The molecule has 0 saturated carbocycles. The minimum Gasteiger partial charge on any atom is -0.493 e. The van der Waals surface area contributed by atoms with Crippen molar-refractivity contribution >= 4 is 21.7 Å². The highest BCUT2D eigenvalue weighted by atomic mass is 32.2. The first-order valence-corrected chi connectivity index (χ1v) is 12.5. The Kier molecular flexibility index (Phi) is 9.61. The summed E-state index contributed by atoms with van der Waals surface area (Å²) in [5.41, 5.74) is 0.795. The van der Waals surface area contributed by atoms with Crippen molar-refractivity contribution in [1.29, 1.82) is 0 Å². The Bertz CT molecular complexity index is 874. The van der Waals surface area contributed by atoms with E-state index >= 15 is 0 Å². The topological polar surface area (TPSA) is 108 Å². The molecule has 1 aromatic carbocycles. The van der Waals surface area contributed by atoms with Crippen LogP contribution in [0.3, 0.4) is 0 Å². The van der Waals surface area contributed by atoms with Gasteiger partial charge in [-0.1, -0.05) is 13.3 Å². The third-order valence-electron chi connectivity index (χ3n) is 5.42. The van der Waals surface area contributed by atoms with Crippen molar-refractivity contribution in [2.24, 2.45) is 0 Å². The maximum absolute atomic E-state index is 12.7. The van der Waals surface area contributed by atoms with Crippen molar-refractivity contribution in [3.05, 3.63) is 17.7 Å². The first-order chi connectivity index (χ1) is 15.2. The number of rotatable bonds is 12. The highest BCUT2D eigenvalue weighted by Gasteiger charge is 2.34. The van der Waals surface area contributed by atoms with Crippen LogP contribution in [0.25, 0.3) is 0 Å². The van der Waals surface area contributed by atoms with Crippen molar-refractivity contribution in [2.75, 3.05) is 46.0 Å². The molecule has 1 amide bonds. The maximum Gasteiger partial charge on any atom is 0.306 e. The molecular weight excluding hydrogens is 438 g/mol. The number of esters is 1. The van der Waals surface area contributed by atoms with Gasteiger partial charge in [0.2, 0.25) is 5.75 Å². The Labute approximate surface area is 189 Å². The Morgan fingerprint density at radius 1 is 1.09 bits per heavy atom. The van der Waals surface area contributed by atoms with Crippen LogP contribution in [0.15, 0.2) is 12.1 Å². The van der Waals surface area contributed by atoms with Crippen LogP contribution in [0.4, 0.5) is 0 Å². The SMILES string of the molecule is CCCCN(C(=O)COC(=O)CCc1cc(OC)c(OC)c(OC)c1)C1CCS(=O)(=O)C1. The zero-order valence-corrected chi connectivity index (χ0v) is 20.0. The highest BCUT2D eigenvalue weighted by molar-refractivity contribution is 7.91. The normalized spacial score (nSPS) is 16.9. The lowest BCUT2D eigenvalue weighted by Gasteiger charge is -2.28. The number of sulfone groups is 1. The van der Waals surface area contributed by atoms with Gasteiger partial charge in [0.1, 0.15) is 0 Å². The molecule has 0 aromatic heterocycles. The van der Waals surface area contributed by atoms with Gasteiger partial charge in [0.15, 0.2) is 27.9 Å². The highest BCUT2D eigenvalue weighted by Crippen LogP contribution is 2.38. The van der Waals surface area contributed by atoms with Crippen LogP contribution in [0, 0.1) is 0 Å². The van der Waals surface area contributed by atoms with Crippen LogP contribution in [0.1, 0.15) is 38.2 Å². The van der Waals surface area contributed by atoms with E-state index in [9.17, 15) is 18.0 Å². The van der Waals surface area contributed by atoms with Gasteiger partial charge in [-0.2, -0.15) is 0 Å². The van der Waals surface area contributed by atoms with E-state index in [0.717, 1.165) is 18.4 Å². The Morgan fingerprint density at radius 2 is 1.75 bits per heavy atom. The summed E-state index contributed by atoms with van der Waals surface area (Å²) >= 11 is 0. The van der Waals surface area contributed by atoms with E-state index in [1.807, 2.05) is 6.92 Å². The number of hydrogen-bond acceptors (Lipinski definition) is 8. The second kappa shape index (κ2) is 11.9. The number of carbonyl (C=O) groups is 2. The van der Waals surface area contributed by atoms with Crippen LogP contribution in [-0.4, -0.2) is 77.2 Å². The second-order valence-electron chi connectivity index (χ2n) is 7.69. The maximum atomic E-state index is 12.7. The van der Waals surface area contributed by atoms with E-state index in [1.54, 1.807) is 17.0 Å². The second-order valence-corrected chi connectivity index (χ2v) is 9.92. The minimum atomic E-state index is -3.12. The van der Waals surface area contributed by atoms with Gasteiger partial charge in [-0.3, -0.25) is 9.59 Å². The summed E-state index contributed by atoms with van der Waals surface area (Å²) in [6.45, 7) is 2.06. The molecule has 1 heterocycles. The Hall–Kier alpha value is -2.49. The smallest absolute Gasteiger partial charge is 0.306 e.